The van der Waals surface area contributed by atoms with E-state index in [1.807, 2.05) is 13.8 Å². The molecule has 0 aromatic carbocycles. The van der Waals surface area contributed by atoms with Gasteiger partial charge in [-0.05, 0) is 33.1 Å². The number of urea groups is 1. The van der Waals surface area contributed by atoms with Crippen LogP contribution < -0.4 is 10.6 Å². The van der Waals surface area contributed by atoms with Gasteiger partial charge < -0.3 is 20.5 Å². The SMILES string of the molecule is COC(C)(C)CCNC(=O)NC1(C(=O)O)CCCCC1. The zero-order chi connectivity index (χ0) is 15.2. The van der Waals surface area contributed by atoms with E-state index < -0.39 is 17.5 Å². The fourth-order valence-electron chi connectivity index (χ4n) is 2.39. The first kappa shape index (κ1) is 16.8. The molecule has 0 unspecified atom stereocenters. The van der Waals surface area contributed by atoms with Gasteiger partial charge in [0.1, 0.15) is 5.54 Å². The van der Waals surface area contributed by atoms with Gasteiger partial charge >= 0.3 is 12.0 Å². The van der Waals surface area contributed by atoms with Crippen molar-refractivity contribution in [3.05, 3.63) is 0 Å². The molecule has 2 amide bonds. The molecule has 0 aliphatic heterocycles. The molecule has 1 saturated carbocycles. The predicted molar refractivity (Wildman–Crippen MR) is 75.7 cm³/mol. The lowest BCUT2D eigenvalue weighted by atomic mass is 9.82. The number of amides is 2. The molecule has 1 rings (SSSR count). The van der Waals surface area contributed by atoms with E-state index >= 15 is 0 Å². The zero-order valence-electron chi connectivity index (χ0n) is 12.6. The molecule has 1 fully saturated rings. The van der Waals surface area contributed by atoms with Gasteiger partial charge in [-0.1, -0.05) is 19.3 Å². The quantitative estimate of drug-likeness (QED) is 0.696. The third-order valence-electron chi connectivity index (χ3n) is 4.03. The number of carboxylic acids is 1. The summed E-state index contributed by atoms with van der Waals surface area (Å²) in [6, 6.07) is -0.416. The minimum Gasteiger partial charge on any atom is -0.480 e. The molecule has 1 aliphatic rings. The van der Waals surface area contributed by atoms with E-state index in [4.69, 9.17) is 4.74 Å². The molecule has 0 atom stereocenters. The molecule has 1 aliphatic carbocycles. The average Bonchev–Trinajstić information content (AvgIpc) is 2.39. The number of hydrogen-bond donors (Lipinski definition) is 3. The van der Waals surface area contributed by atoms with Crippen molar-refractivity contribution in [3.8, 4) is 0 Å². The van der Waals surface area contributed by atoms with Gasteiger partial charge in [0.25, 0.3) is 0 Å². The molecule has 6 heteroatoms. The second-order valence-electron chi connectivity index (χ2n) is 6.04. The van der Waals surface area contributed by atoms with Gasteiger partial charge in [0.05, 0.1) is 5.60 Å². The normalized spacial score (nSPS) is 18.4. The maximum atomic E-state index is 11.9. The lowest BCUT2D eigenvalue weighted by Gasteiger charge is -2.34. The Kier molecular flexibility index (Phi) is 5.80. The first-order chi connectivity index (χ1) is 9.31. The highest BCUT2D eigenvalue weighted by Crippen LogP contribution is 2.28. The zero-order valence-corrected chi connectivity index (χ0v) is 12.6. The topological polar surface area (TPSA) is 87.7 Å². The Hall–Kier alpha value is -1.30. The monoisotopic (exact) mass is 286 g/mol. The van der Waals surface area contributed by atoms with Crippen LogP contribution in [0.1, 0.15) is 52.4 Å². The van der Waals surface area contributed by atoms with Crippen molar-refractivity contribution in [2.24, 2.45) is 0 Å². The minimum atomic E-state index is -1.10. The average molecular weight is 286 g/mol. The summed E-state index contributed by atoms with van der Waals surface area (Å²) in [5.41, 5.74) is -1.40. The van der Waals surface area contributed by atoms with E-state index in [1.54, 1.807) is 7.11 Å². The molecular weight excluding hydrogens is 260 g/mol. The number of ether oxygens (including phenoxy) is 1. The van der Waals surface area contributed by atoms with E-state index in [0.717, 1.165) is 19.3 Å². The van der Waals surface area contributed by atoms with Crippen LogP contribution in [0.5, 0.6) is 0 Å². The molecule has 0 radical (unpaired) electrons. The second kappa shape index (κ2) is 6.92. The van der Waals surface area contributed by atoms with Crippen molar-refractivity contribution < 1.29 is 19.4 Å². The summed E-state index contributed by atoms with van der Waals surface area (Å²) in [4.78, 5) is 23.3. The van der Waals surface area contributed by atoms with E-state index in [-0.39, 0.29) is 5.60 Å². The highest BCUT2D eigenvalue weighted by Gasteiger charge is 2.40. The van der Waals surface area contributed by atoms with Crippen molar-refractivity contribution in [2.75, 3.05) is 13.7 Å². The summed E-state index contributed by atoms with van der Waals surface area (Å²) in [6.07, 6.45) is 4.36. The number of rotatable bonds is 6. The molecule has 6 nitrogen and oxygen atoms in total. The standard InChI is InChI=1S/C14H26N2O4/c1-13(2,20-3)9-10-15-12(19)16-14(11(17)18)7-5-4-6-8-14/h4-10H2,1-3H3,(H,17,18)(H2,15,16,19). The Balaban J connectivity index is 2.45. The van der Waals surface area contributed by atoms with Gasteiger partial charge in [0, 0.05) is 13.7 Å². The van der Waals surface area contributed by atoms with Gasteiger partial charge in [-0.3, -0.25) is 0 Å². The first-order valence-electron chi connectivity index (χ1n) is 7.16. The molecular formula is C14H26N2O4. The number of methoxy groups -OCH3 is 1. The van der Waals surface area contributed by atoms with Crippen molar-refractivity contribution >= 4 is 12.0 Å². The predicted octanol–water partition coefficient (Wildman–Crippen LogP) is 1.89. The summed E-state index contributed by atoms with van der Waals surface area (Å²) in [5, 5.41) is 14.7. The lowest BCUT2D eigenvalue weighted by Crippen LogP contribution is -2.58. The van der Waals surface area contributed by atoms with Crippen LogP contribution in [0.4, 0.5) is 4.79 Å². The Morgan fingerprint density at radius 1 is 1.25 bits per heavy atom. The number of aliphatic carboxylic acids is 1. The van der Waals surface area contributed by atoms with Crippen LogP contribution in [0.25, 0.3) is 0 Å². The van der Waals surface area contributed by atoms with Gasteiger partial charge in [0.15, 0.2) is 0 Å². The molecule has 0 aromatic heterocycles. The highest BCUT2D eigenvalue weighted by atomic mass is 16.5. The van der Waals surface area contributed by atoms with E-state index in [1.165, 1.54) is 0 Å². The number of nitrogens with one attached hydrogen (secondary N) is 2. The van der Waals surface area contributed by atoms with Crippen molar-refractivity contribution in [1.82, 2.24) is 10.6 Å². The maximum absolute atomic E-state index is 11.9. The Bertz CT molecular complexity index is 349. The number of carboxylic acid groups (broad SMARTS) is 1. The van der Waals surface area contributed by atoms with Crippen molar-refractivity contribution in [2.45, 2.75) is 63.5 Å². The second-order valence-corrected chi connectivity index (χ2v) is 6.04. The fraction of sp³-hybridized carbons (Fsp3) is 0.857. The summed E-state index contributed by atoms with van der Waals surface area (Å²) in [7, 11) is 1.63. The summed E-state index contributed by atoms with van der Waals surface area (Å²) in [5.74, 6) is -0.940. The van der Waals surface area contributed by atoms with Gasteiger partial charge in [0.2, 0.25) is 0 Å². The number of hydrogen-bond acceptors (Lipinski definition) is 3. The van der Waals surface area contributed by atoms with Gasteiger partial charge in [-0.25, -0.2) is 9.59 Å². The fourth-order valence-corrected chi connectivity index (χ4v) is 2.39. The van der Waals surface area contributed by atoms with Crippen molar-refractivity contribution in [3.63, 3.8) is 0 Å². The Morgan fingerprint density at radius 2 is 1.85 bits per heavy atom. The summed E-state index contributed by atoms with van der Waals surface area (Å²) in [6.45, 7) is 4.32. The van der Waals surface area contributed by atoms with Gasteiger partial charge in [-0.15, -0.1) is 0 Å². The van der Waals surface area contributed by atoms with Crippen LogP contribution in [0, 0.1) is 0 Å². The maximum Gasteiger partial charge on any atom is 0.329 e. The molecule has 116 valence electrons. The van der Waals surface area contributed by atoms with Crippen LogP contribution in [-0.2, 0) is 9.53 Å². The van der Waals surface area contributed by atoms with Gasteiger partial charge in [-0.2, -0.15) is 0 Å². The third kappa shape index (κ3) is 4.67. The summed E-state index contributed by atoms with van der Waals surface area (Å²) < 4.78 is 5.26. The molecule has 0 aromatic rings. The van der Waals surface area contributed by atoms with E-state index in [9.17, 15) is 14.7 Å². The van der Waals surface area contributed by atoms with Crippen LogP contribution in [0.3, 0.4) is 0 Å². The largest absolute Gasteiger partial charge is 0.480 e. The summed E-state index contributed by atoms with van der Waals surface area (Å²) >= 11 is 0. The van der Waals surface area contributed by atoms with E-state index in [2.05, 4.69) is 10.6 Å². The highest BCUT2D eigenvalue weighted by molar-refractivity contribution is 5.86. The van der Waals surface area contributed by atoms with Crippen LogP contribution >= 0.6 is 0 Å². The number of carbonyl (C=O) groups excluding carboxylic acids is 1. The van der Waals surface area contributed by atoms with Crippen LogP contribution in [-0.4, -0.2) is 41.9 Å². The lowest BCUT2D eigenvalue weighted by molar-refractivity contribution is -0.145. The minimum absolute atomic E-state index is 0.303. The number of carbonyl (C=O) groups is 2. The molecule has 0 saturated heterocycles. The molecule has 0 heterocycles. The van der Waals surface area contributed by atoms with Crippen LogP contribution in [0.2, 0.25) is 0 Å². The first-order valence-corrected chi connectivity index (χ1v) is 7.16. The third-order valence-corrected chi connectivity index (χ3v) is 4.03. The van der Waals surface area contributed by atoms with Crippen LogP contribution in [0.15, 0.2) is 0 Å². The molecule has 0 spiro atoms. The smallest absolute Gasteiger partial charge is 0.329 e. The molecule has 0 bridgehead atoms. The Labute approximate surface area is 120 Å². The molecule has 3 N–H and O–H groups in total. The van der Waals surface area contributed by atoms with E-state index in [0.29, 0.717) is 25.8 Å². The molecule has 20 heavy (non-hydrogen) atoms. The van der Waals surface area contributed by atoms with Crippen molar-refractivity contribution in [1.29, 1.82) is 0 Å². The Morgan fingerprint density at radius 3 is 2.35 bits per heavy atom.